The van der Waals surface area contributed by atoms with Crippen LogP contribution < -0.4 is 10.3 Å². The topological polar surface area (TPSA) is 74.9 Å². The summed E-state index contributed by atoms with van der Waals surface area (Å²) in [5.41, 5.74) is 3.23. The molecule has 1 N–H and O–H groups in total. The number of rotatable bonds is 4. The molecule has 1 aromatic carbocycles. The number of carbonyl (C=O) groups is 2. The number of nitrogens with one attached hydrogen (secondary N) is 1. The minimum absolute atomic E-state index is 0.0431. The summed E-state index contributed by atoms with van der Waals surface area (Å²) in [5, 5.41) is 3.42. The molecule has 0 saturated heterocycles. The van der Waals surface area contributed by atoms with E-state index in [2.05, 4.69) is 5.10 Å². The van der Waals surface area contributed by atoms with E-state index in [1.807, 2.05) is 19.1 Å². The molecule has 2 amide bonds. The second kappa shape index (κ2) is 8.63. The second-order valence-electron chi connectivity index (χ2n) is 8.71. The number of nitrogens with zero attached hydrogens (tertiary/aromatic N) is 2. The van der Waals surface area contributed by atoms with Gasteiger partial charge < -0.3 is 9.32 Å². The minimum atomic E-state index is -6.65. The van der Waals surface area contributed by atoms with Crippen molar-refractivity contribution in [1.29, 1.82) is 0 Å². The molecule has 1 aromatic heterocycles. The Balaban J connectivity index is 1.63. The van der Waals surface area contributed by atoms with Crippen LogP contribution in [0.2, 0.25) is 0 Å². The molecule has 13 heteroatoms. The van der Waals surface area contributed by atoms with Crippen LogP contribution in [0.5, 0.6) is 0 Å². The van der Waals surface area contributed by atoms with Gasteiger partial charge >= 0.3 is 23.9 Å². The van der Waals surface area contributed by atoms with Gasteiger partial charge in [-0.05, 0) is 44.7 Å². The van der Waals surface area contributed by atoms with Gasteiger partial charge in [0.2, 0.25) is 0 Å². The first-order valence-electron chi connectivity index (χ1n) is 10.9. The highest BCUT2D eigenvalue weighted by Crippen LogP contribution is 2.46. The first kappa shape index (κ1) is 25.7. The van der Waals surface area contributed by atoms with Gasteiger partial charge in [-0.1, -0.05) is 18.2 Å². The average Bonchev–Trinajstić information content (AvgIpc) is 3.32. The summed E-state index contributed by atoms with van der Waals surface area (Å²) in [6, 6.07) is 7.13. The van der Waals surface area contributed by atoms with Gasteiger partial charge in [0.1, 0.15) is 5.76 Å². The van der Waals surface area contributed by atoms with Gasteiger partial charge in [-0.25, -0.2) is 5.43 Å². The van der Waals surface area contributed by atoms with E-state index in [1.165, 1.54) is 6.92 Å². The van der Waals surface area contributed by atoms with Crippen LogP contribution in [0, 0.1) is 6.92 Å². The Labute approximate surface area is 200 Å². The smallest absolute Gasteiger partial charge is 0.455 e. The van der Waals surface area contributed by atoms with Crippen LogP contribution in [0.1, 0.15) is 52.8 Å². The predicted octanol–water partition coefficient (Wildman–Crippen LogP) is 5.17. The number of aryl methyl sites for hydroxylation is 1. The lowest BCUT2D eigenvalue weighted by Gasteiger charge is -2.26. The summed E-state index contributed by atoms with van der Waals surface area (Å²) in [6.45, 7) is 3.37. The van der Waals surface area contributed by atoms with E-state index in [0.717, 1.165) is 11.0 Å². The summed E-state index contributed by atoms with van der Waals surface area (Å²) < 4.78 is 96.5. The highest BCUT2D eigenvalue weighted by Gasteiger charge is 2.76. The number of amides is 2. The molecule has 2 aliphatic rings. The van der Waals surface area contributed by atoms with Crippen molar-refractivity contribution in [1.82, 2.24) is 5.43 Å². The van der Waals surface area contributed by atoms with Crippen LogP contribution in [0.4, 0.5) is 36.4 Å². The molecule has 0 bridgehead atoms. The molecule has 2 heterocycles. The van der Waals surface area contributed by atoms with Crippen LogP contribution in [-0.4, -0.2) is 41.6 Å². The number of para-hydroxylation sites is 1. The van der Waals surface area contributed by atoms with E-state index in [-0.39, 0.29) is 40.8 Å². The van der Waals surface area contributed by atoms with Crippen molar-refractivity contribution in [2.24, 2.45) is 5.10 Å². The fourth-order valence-corrected chi connectivity index (χ4v) is 4.48. The Morgan fingerprint density at radius 3 is 2.42 bits per heavy atom. The van der Waals surface area contributed by atoms with E-state index in [1.54, 1.807) is 17.0 Å². The fraction of sp³-hybridized carbons (Fsp3) is 0.435. The van der Waals surface area contributed by atoms with Crippen molar-refractivity contribution >= 4 is 23.2 Å². The Morgan fingerprint density at radius 1 is 1.08 bits per heavy atom. The molecule has 0 spiro atoms. The summed E-state index contributed by atoms with van der Waals surface area (Å²) in [5.74, 6) is -15.8. The number of fused-ring (bicyclic) bond motifs is 2. The molecule has 1 atom stereocenters. The van der Waals surface area contributed by atoms with Gasteiger partial charge in [0.25, 0.3) is 5.91 Å². The van der Waals surface area contributed by atoms with Crippen molar-refractivity contribution in [2.45, 2.75) is 63.6 Å². The standard InChI is InChI=1S/C23H20F7N3O3/c1-11-10-13-6-3-4-8-15(13)33(11)19(34)18-12(2)17-14(7-5-9-16(17)36-18)31-32-20(35)21(24,25)22(26,27)23(28,29)30/h3-4,6,8,11H,5,7,9-10H2,1-2H3,(H,32,35)/b31-14+. The highest BCUT2D eigenvalue weighted by molar-refractivity contribution is 6.11. The molecule has 0 radical (unpaired) electrons. The van der Waals surface area contributed by atoms with Crippen LogP contribution in [0.15, 0.2) is 33.8 Å². The van der Waals surface area contributed by atoms with E-state index >= 15 is 0 Å². The van der Waals surface area contributed by atoms with E-state index in [4.69, 9.17) is 4.42 Å². The quantitative estimate of drug-likeness (QED) is 0.448. The maximum Gasteiger partial charge on any atom is 0.460 e. The number of hydrogen-bond acceptors (Lipinski definition) is 4. The van der Waals surface area contributed by atoms with Crippen molar-refractivity contribution in [2.75, 3.05) is 4.90 Å². The summed E-state index contributed by atoms with van der Waals surface area (Å²) >= 11 is 0. The maximum atomic E-state index is 13.6. The largest absolute Gasteiger partial charge is 0.460 e. The van der Waals surface area contributed by atoms with Crippen molar-refractivity contribution in [3.05, 3.63) is 52.5 Å². The first-order valence-corrected chi connectivity index (χ1v) is 10.9. The van der Waals surface area contributed by atoms with Crippen molar-refractivity contribution in [3.63, 3.8) is 0 Å². The Morgan fingerprint density at radius 2 is 1.75 bits per heavy atom. The third kappa shape index (κ3) is 3.94. The number of carbonyl (C=O) groups excluding carboxylic acids is 2. The van der Waals surface area contributed by atoms with E-state index < -0.39 is 29.8 Å². The molecule has 36 heavy (non-hydrogen) atoms. The molecule has 0 saturated carbocycles. The molecule has 2 aromatic rings. The molecule has 6 nitrogen and oxygen atoms in total. The molecular weight excluding hydrogens is 499 g/mol. The number of halogens is 7. The molecule has 1 aliphatic heterocycles. The lowest BCUT2D eigenvalue weighted by molar-refractivity contribution is -0.344. The zero-order valence-corrected chi connectivity index (χ0v) is 19.0. The van der Waals surface area contributed by atoms with Gasteiger partial charge in [0.05, 0.1) is 5.71 Å². The highest BCUT2D eigenvalue weighted by atomic mass is 19.4. The monoisotopic (exact) mass is 519 g/mol. The number of hydrazone groups is 1. The lowest BCUT2D eigenvalue weighted by atomic mass is 9.93. The first-order chi connectivity index (χ1) is 16.7. The van der Waals surface area contributed by atoms with Gasteiger partial charge in [0.15, 0.2) is 5.76 Å². The summed E-state index contributed by atoms with van der Waals surface area (Å²) in [4.78, 5) is 26.6. The molecule has 194 valence electrons. The van der Waals surface area contributed by atoms with E-state index in [0.29, 0.717) is 24.9 Å². The van der Waals surface area contributed by atoms with Crippen LogP contribution in [0.3, 0.4) is 0 Å². The average molecular weight is 519 g/mol. The lowest BCUT2D eigenvalue weighted by Crippen LogP contribution is -2.58. The minimum Gasteiger partial charge on any atom is -0.455 e. The number of alkyl halides is 7. The Hall–Kier alpha value is -3.38. The van der Waals surface area contributed by atoms with Crippen molar-refractivity contribution in [3.8, 4) is 0 Å². The number of anilines is 1. The summed E-state index contributed by atoms with van der Waals surface area (Å²) in [6.07, 6.45) is -5.27. The number of furan rings is 1. The normalized spacial score (nSPS) is 19.3. The maximum absolute atomic E-state index is 13.6. The van der Waals surface area contributed by atoms with Crippen molar-refractivity contribution < 1.29 is 44.7 Å². The molecular formula is C23H20F7N3O3. The van der Waals surface area contributed by atoms with Crippen LogP contribution >= 0.6 is 0 Å². The van der Waals surface area contributed by atoms with Gasteiger partial charge in [-0.15, -0.1) is 0 Å². The molecule has 1 unspecified atom stereocenters. The Kier molecular flexibility index (Phi) is 6.16. The van der Waals surface area contributed by atoms with Gasteiger partial charge in [-0.2, -0.15) is 35.8 Å². The second-order valence-corrected chi connectivity index (χ2v) is 8.71. The Bertz CT molecular complexity index is 1250. The molecule has 0 fully saturated rings. The fourth-order valence-electron chi connectivity index (χ4n) is 4.48. The SMILES string of the molecule is Cc1c(C(=O)N2c3ccccc3CC2C)oc2c1/C(=N/NC(=O)C(F)(F)C(F)(F)C(F)(F)F)CCC2. The number of benzene rings is 1. The van der Waals surface area contributed by atoms with Gasteiger partial charge in [0, 0.05) is 29.3 Å². The third-order valence-electron chi connectivity index (χ3n) is 6.27. The van der Waals surface area contributed by atoms with Gasteiger partial charge in [-0.3, -0.25) is 9.59 Å². The third-order valence-corrected chi connectivity index (χ3v) is 6.27. The zero-order valence-electron chi connectivity index (χ0n) is 19.0. The molecule has 4 rings (SSSR count). The van der Waals surface area contributed by atoms with Crippen LogP contribution in [0.25, 0.3) is 0 Å². The van der Waals surface area contributed by atoms with Crippen LogP contribution in [-0.2, 0) is 17.6 Å². The van der Waals surface area contributed by atoms with E-state index in [9.17, 15) is 40.3 Å². The molecule has 1 aliphatic carbocycles. The zero-order chi connectivity index (χ0) is 26.6. The predicted molar refractivity (Wildman–Crippen MR) is 113 cm³/mol. The number of hydrogen-bond donors (Lipinski definition) is 1. The summed E-state index contributed by atoms with van der Waals surface area (Å²) in [7, 11) is 0.